The minimum absolute atomic E-state index is 0.0975. The molecule has 6 nitrogen and oxygen atoms in total. The highest BCUT2D eigenvalue weighted by atomic mass is 16.3. The number of carbonyl (C=O) groups is 1. The Balaban J connectivity index is 2.17. The molecule has 0 bridgehead atoms. The van der Waals surface area contributed by atoms with Crippen LogP contribution in [-0.4, -0.2) is 38.9 Å². The summed E-state index contributed by atoms with van der Waals surface area (Å²) in [7, 11) is 0. The fourth-order valence-corrected chi connectivity index (χ4v) is 2.49. The molecule has 3 aromatic rings. The smallest absolute Gasteiger partial charge is 0.252 e. The number of nitrogens with one attached hydrogen (secondary N) is 1. The summed E-state index contributed by atoms with van der Waals surface area (Å²) in [5, 5.41) is 16.6. The van der Waals surface area contributed by atoms with Crippen LogP contribution in [0.5, 0.6) is 0 Å². The van der Waals surface area contributed by atoms with Crippen molar-refractivity contribution in [3.05, 3.63) is 48.2 Å². The number of rotatable bonds is 5. The van der Waals surface area contributed by atoms with Crippen molar-refractivity contribution in [1.29, 1.82) is 0 Å². The Labute approximate surface area is 133 Å². The van der Waals surface area contributed by atoms with Crippen molar-refractivity contribution < 1.29 is 9.90 Å². The molecule has 0 aliphatic carbocycles. The highest BCUT2D eigenvalue weighted by Crippen LogP contribution is 2.24. The van der Waals surface area contributed by atoms with Gasteiger partial charge in [0.05, 0.1) is 29.4 Å². The summed E-state index contributed by atoms with van der Waals surface area (Å²) in [6.07, 6.45) is 1.66. The molecule has 1 amide bonds. The summed E-state index contributed by atoms with van der Waals surface area (Å²) in [5.74, 6) is -0.237. The zero-order valence-corrected chi connectivity index (χ0v) is 12.9. The van der Waals surface area contributed by atoms with Crippen LogP contribution in [0.4, 0.5) is 0 Å². The predicted octanol–water partition coefficient (Wildman–Crippen LogP) is 1.84. The number of hydrogen-bond acceptors (Lipinski definition) is 4. The fourth-order valence-electron chi connectivity index (χ4n) is 2.49. The molecule has 0 aliphatic rings. The van der Waals surface area contributed by atoms with Gasteiger partial charge in [0.25, 0.3) is 5.91 Å². The van der Waals surface area contributed by atoms with Gasteiger partial charge in [-0.2, -0.15) is 5.10 Å². The molecular formula is C17H18N4O2. The van der Waals surface area contributed by atoms with Gasteiger partial charge in [-0.3, -0.25) is 4.79 Å². The van der Waals surface area contributed by atoms with E-state index in [4.69, 9.17) is 5.11 Å². The third-order valence-corrected chi connectivity index (χ3v) is 3.62. The Bertz CT molecular complexity index is 827. The van der Waals surface area contributed by atoms with Gasteiger partial charge in [0, 0.05) is 18.7 Å². The summed E-state index contributed by atoms with van der Waals surface area (Å²) >= 11 is 0. The van der Waals surface area contributed by atoms with Crippen molar-refractivity contribution in [2.45, 2.75) is 13.5 Å². The van der Waals surface area contributed by atoms with Crippen molar-refractivity contribution in [2.75, 3.05) is 13.2 Å². The quantitative estimate of drug-likeness (QED) is 0.753. The molecule has 0 saturated heterocycles. The monoisotopic (exact) mass is 310 g/mol. The van der Waals surface area contributed by atoms with Gasteiger partial charge in [-0.15, -0.1) is 0 Å². The second kappa shape index (κ2) is 6.58. The van der Waals surface area contributed by atoms with Crippen LogP contribution in [0.25, 0.3) is 22.3 Å². The number of aliphatic hydroxyl groups excluding tert-OH is 1. The molecule has 0 spiro atoms. The largest absolute Gasteiger partial charge is 0.395 e. The second-order valence-electron chi connectivity index (χ2n) is 5.10. The van der Waals surface area contributed by atoms with Gasteiger partial charge >= 0.3 is 0 Å². The molecule has 23 heavy (non-hydrogen) atoms. The highest BCUT2D eigenvalue weighted by molar-refractivity contribution is 6.06. The third-order valence-electron chi connectivity index (χ3n) is 3.62. The predicted molar refractivity (Wildman–Crippen MR) is 88.1 cm³/mol. The van der Waals surface area contributed by atoms with E-state index in [-0.39, 0.29) is 19.1 Å². The van der Waals surface area contributed by atoms with Crippen LogP contribution in [0.1, 0.15) is 17.3 Å². The molecule has 2 N–H and O–H groups in total. The van der Waals surface area contributed by atoms with Gasteiger partial charge < -0.3 is 10.4 Å². The lowest BCUT2D eigenvalue weighted by molar-refractivity contribution is 0.0946. The molecule has 0 atom stereocenters. The molecule has 0 saturated carbocycles. The second-order valence-corrected chi connectivity index (χ2v) is 5.10. The molecule has 0 unspecified atom stereocenters. The van der Waals surface area contributed by atoms with Crippen LogP contribution >= 0.6 is 0 Å². The topological polar surface area (TPSA) is 80.0 Å². The van der Waals surface area contributed by atoms with Crippen molar-refractivity contribution in [2.24, 2.45) is 0 Å². The molecule has 1 aromatic carbocycles. The Hall–Kier alpha value is -2.73. The minimum atomic E-state index is -0.237. The zero-order valence-electron chi connectivity index (χ0n) is 12.9. The standard InChI is InChI=1S/C17H18N4O2/c1-2-21-16-14(11-19-21)13(17(23)18-8-9-22)10-15(20-16)12-6-4-3-5-7-12/h3-7,10-11,22H,2,8-9H2,1H3,(H,18,23). The number of aliphatic hydroxyl groups is 1. The van der Waals surface area contributed by atoms with Gasteiger partial charge in [0.15, 0.2) is 5.65 Å². The van der Waals surface area contributed by atoms with E-state index in [1.165, 1.54) is 0 Å². The van der Waals surface area contributed by atoms with Crippen LogP contribution in [0, 0.1) is 0 Å². The number of amides is 1. The first kappa shape index (κ1) is 15.2. The zero-order chi connectivity index (χ0) is 16.2. The fraction of sp³-hybridized carbons (Fsp3) is 0.235. The normalized spacial score (nSPS) is 10.9. The van der Waals surface area contributed by atoms with Crippen molar-refractivity contribution in [3.8, 4) is 11.3 Å². The summed E-state index contributed by atoms with van der Waals surface area (Å²) in [4.78, 5) is 17.1. The van der Waals surface area contributed by atoms with E-state index >= 15 is 0 Å². The number of aromatic nitrogens is 3. The summed E-state index contributed by atoms with van der Waals surface area (Å²) in [6, 6.07) is 11.5. The molecule has 118 valence electrons. The van der Waals surface area contributed by atoms with E-state index in [9.17, 15) is 4.79 Å². The summed E-state index contributed by atoms with van der Waals surface area (Å²) < 4.78 is 1.77. The van der Waals surface area contributed by atoms with Crippen LogP contribution < -0.4 is 5.32 Å². The van der Waals surface area contributed by atoms with Crippen LogP contribution in [-0.2, 0) is 6.54 Å². The van der Waals surface area contributed by atoms with Crippen molar-refractivity contribution in [1.82, 2.24) is 20.1 Å². The summed E-state index contributed by atoms with van der Waals surface area (Å²) in [6.45, 7) is 2.77. The first-order valence-electron chi connectivity index (χ1n) is 7.55. The van der Waals surface area contributed by atoms with E-state index in [0.717, 1.165) is 11.3 Å². The van der Waals surface area contributed by atoms with E-state index in [2.05, 4.69) is 15.4 Å². The Kier molecular flexibility index (Phi) is 4.34. The Morgan fingerprint density at radius 1 is 1.30 bits per heavy atom. The number of nitrogens with zero attached hydrogens (tertiary/aromatic N) is 3. The molecule has 0 radical (unpaired) electrons. The first-order chi connectivity index (χ1) is 11.2. The maximum absolute atomic E-state index is 12.4. The lowest BCUT2D eigenvalue weighted by Crippen LogP contribution is -2.26. The molecule has 0 fully saturated rings. The van der Waals surface area contributed by atoms with Crippen LogP contribution in [0.2, 0.25) is 0 Å². The third kappa shape index (κ3) is 2.93. The van der Waals surface area contributed by atoms with E-state index in [1.807, 2.05) is 37.3 Å². The van der Waals surface area contributed by atoms with Gasteiger partial charge in [-0.05, 0) is 13.0 Å². The van der Waals surface area contributed by atoms with Crippen LogP contribution in [0.3, 0.4) is 0 Å². The number of pyridine rings is 1. The van der Waals surface area contributed by atoms with Crippen LogP contribution in [0.15, 0.2) is 42.6 Å². The highest BCUT2D eigenvalue weighted by Gasteiger charge is 2.16. The molecular weight excluding hydrogens is 292 g/mol. The molecule has 2 aromatic heterocycles. The number of benzene rings is 1. The van der Waals surface area contributed by atoms with Gasteiger partial charge in [0.2, 0.25) is 0 Å². The Morgan fingerprint density at radius 2 is 2.09 bits per heavy atom. The molecule has 0 aliphatic heterocycles. The lowest BCUT2D eigenvalue weighted by atomic mass is 10.1. The molecule has 2 heterocycles. The summed E-state index contributed by atoms with van der Waals surface area (Å²) in [5.41, 5.74) is 2.86. The van der Waals surface area contributed by atoms with E-state index in [1.54, 1.807) is 16.9 Å². The first-order valence-corrected chi connectivity index (χ1v) is 7.55. The van der Waals surface area contributed by atoms with E-state index < -0.39 is 0 Å². The average molecular weight is 310 g/mol. The number of aryl methyl sites for hydroxylation is 1. The molecule has 3 rings (SSSR count). The molecule has 6 heteroatoms. The van der Waals surface area contributed by atoms with Gasteiger partial charge in [-0.1, -0.05) is 30.3 Å². The number of hydrogen-bond donors (Lipinski definition) is 2. The lowest BCUT2D eigenvalue weighted by Gasteiger charge is -2.08. The van der Waals surface area contributed by atoms with Crippen molar-refractivity contribution >= 4 is 16.9 Å². The maximum Gasteiger partial charge on any atom is 0.252 e. The van der Waals surface area contributed by atoms with Gasteiger partial charge in [-0.25, -0.2) is 9.67 Å². The van der Waals surface area contributed by atoms with Crippen molar-refractivity contribution in [3.63, 3.8) is 0 Å². The van der Waals surface area contributed by atoms with Gasteiger partial charge in [0.1, 0.15) is 0 Å². The number of fused-ring (bicyclic) bond motifs is 1. The average Bonchev–Trinajstić information content (AvgIpc) is 3.02. The Morgan fingerprint density at radius 3 is 2.78 bits per heavy atom. The minimum Gasteiger partial charge on any atom is -0.395 e. The maximum atomic E-state index is 12.4. The van der Waals surface area contributed by atoms with E-state index in [0.29, 0.717) is 23.1 Å². The SMILES string of the molecule is CCn1ncc2c(C(=O)NCCO)cc(-c3ccccc3)nc21. The number of carbonyl (C=O) groups excluding carboxylic acids is 1.